The number of anilines is 1. The Labute approximate surface area is 704 Å². The lowest BCUT2D eigenvalue weighted by molar-refractivity contribution is -0.263. The van der Waals surface area contributed by atoms with Crippen molar-refractivity contribution in [2.75, 3.05) is 18.9 Å². The fraction of sp³-hybridized carbons (Fsp3) is 0.439. The van der Waals surface area contributed by atoms with Crippen LogP contribution in [0.15, 0.2) is 106 Å². The molecule has 41 heteroatoms. The Morgan fingerprint density at radius 1 is 0.520 bits per heavy atom. The van der Waals surface area contributed by atoms with Crippen molar-refractivity contribution in [3.8, 4) is 23.0 Å². The zero-order chi connectivity index (χ0) is 87.7. The number of nitrogens with two attached hydrogens (primary N) is 1. The number of aromatic hydroxyl groups is 2. The van der Waals surface area contributed by atoms with Gasteiger partial charge in [0, 0.05) is 60.4 Å². The molecule has 123 heavy (non-hydrogen) atoms. The molecule has 0 aliphatic carbocycles. The fourth-order valence-electron chi connectivity index (χ4n) is 16.8. The monoisotopic (exact) mass is 1730 g/mol. The van der Waals surface area contributed by atoms with Crippen LogP contribution in [0.3, 0.4) is 0 Å². The van der Waals surface area contributed by atoms with E-state index in [4.69, 9.17) is 63.0 Å². The Morgan fingerprint density at radius 3 is 1.33 bits per heavy atom. The number of cyclic esters (lactones) is 2. The van der Waals surface area contributed by atoms with Crippen LogP contribution in [-0.4, -0.2) is 228 Å². The number of benzene rings is 4. The van der Waals surface area contributed by atoms with Gasteiger partial charge in [-0.15, -0.1) is 22.7 Å². The highest BCUT2D eigenvalue weighted by Crippen LogP contribution is 2.52. The number of ether oxygens (including phenoxy) is 8. The van der Waals surface area contributed by atoms with E-state index in [1.807, 2.05) is 60.7 Å². The van der Waals surface area contributed by atoms with E-state index in [2.05, 4.69) is 20.3 Å². The number of aryl methyl sites for hydroxylation is 1. The van der Waals surface area contributed by atoms with Crippen LogP contribution in [0.2, 0.25) is 0 Å². The molecule has 11 aliphatic heterocycles. The van der Waals surface area contributed by atoms with Gasteiger partial charge in [-0.1, -0.05) is 71.0 Å². The highest BCUT2D eigenvalue weighted by Gasteiger charge is 2.68. The molecular formula is C82H79N9O30S2. The van der Waals surface area contributed by atoms with Gasteiger partial charge < -0.3 is 73.7 Å². The molecule has 644 valence electrons. The van der Waals surface area contributed by atoms with Crippen molar-refractivity contribution in [3.63, 3.8) is 0 Å². The Balaban J connectivity index is 0.000000193. The van der Waals surface area contributed by atoms with Crippen molar-refractivity contribution < 1.29 is 145 Å². The number of carbonyl (C=O) groups excluding carboxylic acids is 12. The van der Waals surface area contributed by atoms with Gasteiger partial charge in [-0.05, 0) is 98.4 Å². The number of amides is 6. The second kappa shape index (κ2) is 31.0. The number of phenols is 2. The Bertz CT molecular complexity index is 5410. The number of nitrogen functional groups attached to an aromatic ring is 1. The van der Waals surface area contributed by atoms with E-state index in [0.717, 1.165) is 23.5 Å². The molecule has 2 aromatic heterocycles. The zero-order valence-corrected chi connectivity index (χ0v) is 68.3. The number of imide groups is 2. The number of esters is 4. The number of carboxylic acids is 2. The van der Waals surface area contributed by atoms with Gasteiger partial charge in [-0.25, -0.2) is 38.7 Å². The number of aliphatic carboxylic acids is 2. The van der Waals surface area contributed by atoms with Crippen LogP contribution in [0.25, 0.3) is 0 Å². The molecule has 17 rings (SSSR count). The molecule has 0 spiro atoms. The molecule has 11 aliphatic rings. The summed E-state index contributed by atoms with van der Waals surface area (Å²) in [6, 6.07) is 19.0. The lowest BCUT2D eigenvalue weighted by atomic mass is 9.90. The van der Waals surface area contributed by atoms with Crippen LogP contribution in [-0.2, 0) is 102 Å². The number of thiazole rings is 2. The average molecular weight is 1730 g/mol. The summed E-state index contributed by atoms with van der Waals surface area (Å²) in [4.78, 5) is 224. The van der Waals surface area contributed by atoms with Crippen LogP contribution in [0, 0.1) is 18.8 Å². The molecule has 6 N–H and O–H groups in total. The van der Waals surface area contributed by atoms with Crippen molar-refractivity contribution in [1.29, 1.82) is 0 Å². The standard InChI is InChI=1S/C52H52N4O15S.C30H27N5O15S/c1-28-53-36(27-72-28)41(54-71-50(46(62)69-48(2,3)4)23-32-18-19-33(24-50)65-32)38(57)20-29-26-64-56(42(29)58)51(47(63)70-49(5,6)7)25-37(45(61)68-51)55-43(59)34-21-39-40(22-35(34)44(55)60)67-52(66-39,30-14-10-8-11-15-30)31-16-12-9-13-17-31;31-28-32-16(10-51-28)21(33-50-29(26(43)44)6-12-1-2-13(7-29)48-12)20(38)3-11-9-47-35(22(11)39)30(27(45)46)8-17(25(42)49-30)34-23(40)14-4-18(36)19(37)5-15(14)24(34)41/h8-17,21-22,27,29,32-33,37H,18-20,23-26H2,1-7H3;4-5,10-13,17,36-37H,1-3,6-9H2,(H2,31,32)(H,43,44)(H,45,46)/b54-41-;33-21-/t29-,32?,33?,37-,50?,51?;11-,12?,13?,17-,29?,30?/m00/s1. The van der Waals surface area contributed by atoms with Gasteiger partial charge in [0.15, 0.2) is 51.1 Å². The predicted octanol–water partition coefficient (Wildman–Crippen LogP) is 6.03. The van der Waals surface area contributed by atoms with Gasteiger partial charge in [0.2, 0.25) is 11.2 Å². The summed E-state index contributed by atoms with van der Waals surface area (Å²) in [5.41, 5.74) is -5.58. The van der Waals surface area contributed by atoms with Gasteiger partial charge in [-0.3, -0.25) is 57.8 Å². The molecule has 8 saturated heterocycles. The van der Waals surface area contributed by atoms with Crippen LogP contribution in [0.4, 0.5) is 5.13 Å². The number of ketones is 2. The van der Waals surface area contributed by atoms with E-state index in [0.29, 0.717) is 56.7 Å². The van der Waals surface area contributed by atoms with Crippen molar-refractivity contribution in [3.05, 3.63) is 145 Å². The maximum Gasteiger partial charge on any atom is 0.375 e. The van der Waals surface area contributed by atoms with Crippen molar-refractivity contribution in [1.82, 2.24) is 29.9 Å². The number of carbonyl (C=O) groups is 14. The summed E-state index contributed by atoms with van der Waals surface area (Å²) in [5, 5.41) is 52.6. The minimum atomic E-state index is -2.88. The molecule has 8 fully saturated rings. The second-order valence-electron chi connectivity index (χ2n) is 33.3. The number of hydrogen-bond donors (Lipinski definition) is 5. The number of hydrogen-bond acceptors (Lipinski definition) is 35. The first-order valence-electron chi connectivity index (χ1n) is 39.1. The normalized spacial score (nSPS) is 28.0. The smallest absolute Gasteiger partial charge is 0.375 e. The average Bonchev–Trinajstić information content (AvgIpc) is 1.56. The molecule has 0 saturated carbocycles. The Morgan fingerprint density at radius 2 is 0.919 bits per heavy atom. The number of fused-ring (bicyclic) bond motifs is 7. The quantitative estimate of drug-likeness (QED) is 0.0129. The maximum absolute atomic E-state index is 14.6. The highest BCUT2D eigenvalue weighted by molar-refractivity contribution is 7.13. The number of nitrogens with zero attached hydrogens (tertiary/aromatic N) is 8. The first-order valence-corrected chi connectivity index (χ1v) is 40.8. The Hall–Kier alpha value is -12.7. The molecule has 6 aromatic rings. The fourth-order valence-corrected chi connectivity index (χ4v) is 17.9. The maximum atomic E-state index is 14.6. The summed E-state index contributed by atoms with van der Waals surface area (Å²) in [6.07, 6.45) is -1.49. The largest absolute Gasteiger partial charge is 0.504 e. The molecular weight excluding hydrogens is 1660 g/mol. The van der Waals surface area contributed by atoms with Crippen molar-refractivity contribution in [2.45, 2.75) is 202 Å². The van der Waals surface area contributed by atoms with E-state index in [1.165, 1.54) is 28.8 Å². The third-order valence-electron chi connectivity index (χ3n) is 22.5. The SMILES string of the molecule is Cc1nc(/C(=N/OC2(C(=O)OC(C)(C)C)CC3CCC(C2)O3)C(=O)C[C@H]2CON(C3(C(=O)OC(C)(C)C)C[C@H](N4C(=O)c5cc6c(cc5C4=O)OC(c4ccccc4)(c4ccccc4)O6)C(=O)O3)C2=O)cs1.Nc1nc(/C(=N/OC2(C(=O)O)CC3CCC(C2)O3)C(=O)C[C@H]2CON(C3(C(=O)O)C[C@H](N4C(=O)c5cc(O)c(O)cc5C4=O)C(=O)O3)C2=O)cs1. The van der Waals surface area contributed by atoms with Gasteiger partial charge in [0.05, 0.1) is 89.6 Å². The van der Waals surface area contributed by atoms with Crippen molar-refractivity contribution >= 4 is 122 Å². The second-order valence-corrected chi connectivity index (χ2v) is 35.3. The zero-order valence-electron chi connectivity index (χ0n) is 66.6. The summed E-state index contributed by atoms with van der Waals surface area (Å²) in [6.45, 7) is 10.5. The molecule has 6 amide bonds. The van der Waals surface area contributed by atoms with E-state index in [1.54, 1.807) is 53.8 Å². The summed E-state index contributed by atoms with van der Waals surface area (Å²) < 4.78 is 47.2. The number of rotatable bonds is 22. The van der Waals surface area contributed by atoms with Crippen LogP contribution in [0.1, 0.15) is 188 Å². The first kappa shape index (κ1) is 83.9. The van der Waals surface area contributed by atoms with Crippen molar-refractivity contribution in [2.24, 2.45) is 22.1 Å². The minimum Gasteiger partial charge on any atom is -0.504 e. The number of carboxylic acid groups (broad SMARTS) is 2. The van der Waals surface area contributed by atoms with E-state index < -0.39 is 202 Å². The molecule has 10 atom stereocenters. The van der Waals surface area contributed by atoms with Crippen LogP contribution >= 0.6 is 22.7 Å². The molecule has 4 bridgehead atoms. The third kappa shape index (κ3) is 15.0. The van der Waals surface area contributed by atoms with Gasteiger partial charge in [0.25, 0.3) is 35.4 Å². The van der Waals surface area contributed by atoms with Gasteiger partial charge >= 0.3 is 53.1 Å². The molecule has 39 nitrogen and oxygen atoms in total. The first-order chi connectivity index (χ1) is 58.2. The molecule has 0 radical (unpaired) electrons. The van der Waals surface area contributed by atoms with E-state index >= 15 is 0 Å². The summed E-state index contributed by atoms with van der Waals surface area (Å²) in [5.74, 6) is -20.6. The van der Waals surface area contributed by atoms with E-state index in [-0.39, 0.29) is 111 Å². The van der Waals surface area contributed by atoms with Crippen LogP contribution in [0.5, 0.6) is 23.0 Å². The summed E-state index contributed by atoms with van der Waals surface area (Å²) in [7, 11) is 0. The predicted molar refractivity (Wildman–Crippen MR) is 414 cm³/mol. The number of hydroxylamine groups is 4. The minimum absolute atomic E-state index is 0.0322. The molecule has 6 unspecified atom stereocenters. The van der Waals surface area contributed by atoms with E-state index in [9.17, 15) is 87.5 Å². The molecule has 13 heterocycles. The third-order valence-corrected chi connectivity index (χ3v) is 23.9. The lowest BCUT2D eigenvalue weighted by Gasteiger charge is -2.38. The number of phenolic OH excluding ortho intramolecular Hbond substituents is 2. The highest BCUT2D eigenvalue weighted by atomic mass is 32.1. The number of Topliss-reactive ketones (excluding diaryl/α,β-unsaturated/α-hetero) is 2. The summed E-state index contributed by atoms with van der Waals surface area (Å²) >= 11 is 2.19. The Kier molecular flexibility index (Phi) is 21.2. The van der Waals surface area contributed by atoms with Crippen LogP contribution < -0.4 is 15.2 Å². The van der Waals surface area contributed by atoms with Gasteiger partial charge in [-0.2, -0.15) is 10.1 Å². The number of oxime groups is 2. The number of aromatic nitrogens is 2. The molecule has 4 aromatic carbocycles. The van der Waals surface area contributed by atoms with Gasteiger partial charge in [0.1, 0.15) is 34.7 Å². The topological polar surface area (TPSA) is 520 Å². The lowest BCUT2D eigenvalue weighted by Crippen LogP contribution is -2.57.